The van der Waals surface area contributed by atoms with Crippen LogP contribution in [-0.4, -0.2) is 25.6 Å². The summed E-state index contributed by atoms with van der Waals surface area (Å²) in [5.74, 6) is 0.758. The fourth-order valence-electron chi connectivity index (χ4n) is 1.85. The minimum Gasteiger partial charge on any atom is -0.359 e. The van der Waals surface area contributed by atoms with Crippen molar-refractivity contribution < 1.29 is 4.74 Å². The zero-order valence-electron chi connectivity index (χ0n) is 11.5. The van der Waals surface area contributed by atoms with Crippen LogP contribution >= 0.6 is 0 Å². The van der Waals surface area contributed by atoms with Gasteiger partial charge < -0.3 is 4.74 Å². The van der Waals surface area contributed by atoms with E-state index in [0.717, 1.165) is 18.9 Å². The molecule has 0 heterocycles. The Bertz CT molecular complexity index is 295. The molecule has 0 aromatic heterocycles. The van der Waals surface area contributed by atoms with Crippen LogP contribution in [0.1, 0.15) is 38.5 Å². The van der Waals surface area contributed by atoms with Crippen LogP contribution in [-0.2, 0) is 4.74 Å². The summed E-state index contributed by atoms with van der Waals surface area (Å²) in [5.41, 5.74) is 1.22. The van der Waals surface area contributed by atoms with E-state index in [1.165, 1.54) is 12.0 Å². The number of benzene rings is 1. The molecule has 0 radical (unpaired) electrons. The van der Waals surface area contributed by atoms with Crippen LogP contribution in [0, 0.1) is 5.92 Å². The molecule has 0 fully saturated rings. The predicted molar refractivity (Wildman–Crippen MR) is 72.9 cm³/mol. The number of hydrogen-bond acceptors (Lipinski definition) is 2. The Kier molecular flexibility index (Phi) is 6.23. The standard InChI is InChI=1S/C15H25NO/c1-13(2)9-8-12-17-15(16(3)4)14-10-6-5-7-11-14/h5-7,10-11,13,15H,8-9,12H2,1-4H3. The first-order valence-electron chi connectivity index (χ1n) is 6.44. The third-order valence-corrected chi connectivity index (χ3v) is 2.76. The molecule has 1 atom stereocenters. The van der Waals surface area contributed by atoms with E-state index >= 15 is 0 Å². The summed E-state index contributed by atoms with van der Waals surface area (Å²) in [4.78, 5) is 2.12. The molecule has 1 rings (SSSR count). The van der Waals surface area contributed by atoms with Gasteiger partial charge in [-0.1, -0.05) is 44.2 Å². The van der Waals surface area contributed by atoms with Gasteiger partial charge in [0.1, 0.15) is 6.23 Å². The Morgan fingerprint density at radius 2 is 1.76 bits per heavy atom. The van der Waals surface area contributed by atoms with Crippen molar-refractivity contribution in [2.45, 2.75) is 32.9 Å². The van der Waals surface area contributed by atoms with Gasteiger partial charge in [0, 0.05) is 6.61 Å². The first kappa shape index (κ1) is 14.2. The van der Waals surface area contributed by atoms with E-state index in [-0.39, 0.29) is 6.23 Å². The van der Waals surface area contributed by atoms with Crippen LogP contribution in [0.3, 0.4) is 0 Å². The quantitative estimate of drug-likeness (QED) is 0.528. The summed E-state index contributed by atoms with van der Waals surface area (Å²) in [6.07, 6.45) is 2.44. The second-order valence-electron chi connectivity index (χ2n) is 5.13. The minimum atomic E-state index is 0.0726. The molecule has 17 heavy (non-hydrogen) atoms. The summed E-state index contributed by atoms with van der Waals surface area (Å²) in [5, 5.41) is 0. The van der Waals surface area contributed by atoms with Crippen molar-refractivity contribution in [3.8, 4) is 0 Å². The molecule has 0 aliphatic carbocycles. The minimum absolute atomic E-state index is 0.0726. The van der Waals surface area contributed by atoms with Gasteiger partial charge in [-0.15, -0.1) is 0 Å². The molecule has 0 saturated heterocycles. The second-order valence-corrected chi connectivity index (χ2v) is 5.13. The van der Waals surface area contributed by atoms with Crippen molar-refractivity contribution in [2.24, 2.45) is 5.92 Å². The Hall–Kier alpha value is -0.860. The zero-order valence-corrected chi connectivity index (χ0v) is 11.5. The SMILES string of the molecule is CC(C)CCCOC(c1ccccc1)N(C)C. The molecule has 0 bridgehead atoms. The molecule has 0 spiro atoms. The monoisotopic (exact) mass is 235 g/mol. The van der Waals surface area contributed by atoms with Crippen molar-refractivity contribution in [2.75, 3.05) is 20.7 Å². The van der Waals surface area contributed by atoms with Crippen LogP contribution in [0.15, 0.2) is 30.3 Å². The number of hydrogen-bond donors (Lipinski definition) is 0. The van der Waals surface area contributed by atoms with Crippen LogP contribution in [0.25, 0.3) is 0 Å². The second kappa shape index (κ2) is 7.46. The van der Waals surface area contributed by atoms with E-state index in [2.05, 4.69) is 57.1 Å². The van der Waals surface area contributed by atoms with Gasteiger partial charge in [0.05, 0.1) is 0 Å². The highest BCUT2D eigenvalue weighted by Gasteiger charge is 2.13. The first-order chi connectivity index (χ1) is 8.11. The highest BCUT2D eigenvalue weighted by Crippen LogP contribution is 2.19. The number of ether oxygens (including phenoxy) is 1. The van der Waals surface area contributed by atoms with E-state index < -0.39 is 0 Å². The van der Waals surface area contributed by atoms with E-state index in [4.69, 9.17) is 4.74 Å². The predicted octanol–water partition coefficient (Wildman–Crippen LogP) is 3.70. The Labute approximate surface area is 106 Å². The van der Waals surface area contributed by atoms with Gasteiger partial charge in [0.2, 0.25) is 0 Å². The molecule has 1 unspecified atom stereocenters. The number of nitrogens with zero attached hydrogens (tertiary/aromatic N) is 1. The van der Waals surface area contributed by atoms with E-state index in [1.54, 1.807) is 0 Å². The van der Waals surface area contributed by atoms with Gasteiger partial charge in [-0.25, -0.2) is 0 Å². The molecule has 0 saturated carbocycles. The third-order valence-electron chi connectivity index (χ3n) is 2.76. The molecule has 1 aromatic rings. The average Bonchev–Trinajstić information content (AvgIpc) is 2.29. The molecule has 0 aliphatic rings. The largest absolute Gasteiger partial charge is 0.359 e. The van der Waals surface area contributed by atoms with Crippen molar-refractivity contribution in [3.63, 3.8) is 0 Å². The van der Waals surface area contributed by atoms with Crippen molar-refractivity contribution in [1.29, 1.82) is 0 Å². The molecule has 0 aliphatic heterocycles. The fraction of sp³-hybridized carbons (Fsp3) is 0.600. The Morgan fingerprint density at radius 1 is 1.12 bits per heavy atom. The lowest BCUT2D eigenvalue weighted by molar-refractivity contribution is -0.0404. The van der Waals surface area contributed by atoms with Crippen LogP contribution < -0.4 is 0 Å². The molecule has 96 valence electrons. The zero-order chi connectivity index (χ0) is 12.7. The maximum Gasteiger partial charge on any atom is 0.136 e. The summed E-state index contributed by atoms with van der Waals surface area (Å²) in [7, 11) is 4.11. The average molecular weight is 235 g/mol. The van der Waals surface area contributed by atoms with Crippen molar-refractivity contribution in [3.05, 3.63) is 35.9 Å². The topological polar surface area (TPSA) is 12.5 Å². The molecule has 2 nitrogen and oxygen atoms in total. The smallest absolute Gasteiger partial charge is 0.136 e. The highest BCUT2D eigenvalue weighted by molar-refractivity contribution is 5.16. The van der Waals surface area contributed by atoms with Gasteiger partial charge >= 0.3 is 0 Å². The van der Waals surface area contributed by atoms with Crippen LogP contribution in [0.2, 0.25) is 0 Å². The van der Waals surface area contributed by atoms with Gasteiger partial charge in [0.15, 0.2) is 0 Å². The number of rotatable bonds is 7. The lowest BCUT2D eigenvalue weighted by Crippen LogP contribution is -2.23. The lowest BCUT2D eigenvalue weighted by atomic mass is 10.1. The maximum atomic E-state index is 5.97. The van der Waals surface area contributed by atoms with Gasteiger partial charge in [-0.2, -0.15) is 0 Å². The van der Waals surface area contributed by atoms with Crippen molar-refractivity contribution >= 4 is 0 Å². The maximum absolute atomic E-state index is 5.97. The Morgan fingerprint density at radius 3 is 2.29 bits per heavy atom. The van der Waals surface area contributed by atoms with Crippen LogP contribution in [0.4, 0.5) is 0 Å². The van der Waals surface area contributed by atoms with Crippen LogP contribution in [0.5, 0.6) is 0 Å². The normalized spacial score (nSPS) is 13.3. The van der Waals surface area contributed by atoms with E-state index in [0.29, 0.717) is 0 Å². The van der Waals surface area contributed by atoms with E-state index in [1.807, 2.05) is 6.07 Å². The molecule has 2 heteroatoms. The van der Waals surface area contributed by atoms with Gasteiger partial charge in [-0.05, 0) is 38.4 Å². The third kappa shape index (κ3) is 5.33. The lowest BCUT2D eigenvalue weighted by Gasteiger charge is -2.25. The molecule has 1 aromatic carbocycles. The molecule has 0 N–H and O–H groups in total. The summed E-state index contributed by atoms with van der Waals surface area (Å²) < 4.78 is 5.97. The van der Waals surface area contributed by atoms with E-state index in [9.17, 15) is 0 Å². The van der Waals surface area contributed by atoms with Gasteiger partial charge in [0.25, 0.3) is 0 Å². The highest BCUT2D eigenvalue weighted by atomic mass is 16.5. The van der Waals surface area contributed by atoms with Crippen molar-refractivity contribution in [1.82, 2.24) is 4.90 Å². The van der Waals surface area contributed by atoms with Gasteiger partial charge in [-0.3, -0.25) is 4.90 Å². The summed E-state index contributed by atoms with van der Waals surface area (Å²) in [6.45, 7) is 5.33. The summed E-state index contributed by atoms with van der Waals surface area (Å²) >= 11 is 0. The molecular weight excluding hydrogens is 210 g/mol. The summed E-state index contributed by atoms with van der Waals surface area (Å²) in [6, 6.07) is 10.4. The Balaban J connectivity index is 2.45. The molecule has 0 amide bonds. The first-order valence-corrected chi connectivity index (χ1v) is 6.44. The molecular formula is C15H25NO. The fourth-order valence-corrected chi connectivity index (χ4v) is 1.85.